The van der Waals surface area contributed by atoms with Gasteiger partial charge in [-0.15, -0.1) is 0 Å². The van der Waals surface area contributed by atoms with E-state index in [9.17, 15) is 4.79 Å². The average molecular weight is 461 g/mol. The molecule has 34 heavy (non-hydrogen) atoms. The van der Waals surface area contributed by atoms with Crippen LogP contribution in [0.3, 0.4) is 0 Å². The Bertz CT molecular complexity index is 1330. The summed E-state index contributed by atoms with van der Waals surface area (Å²) in [5.74, 6) is 1.33. The largest absolute Gasteiger partial charge is 0.466 e. The molecule has 8 heteroatoms. The summed E-state index contributed by atoms with van der Waals surface area (Å²) < 4.78 is 16.6. The van der Waals surface area contributed by atoms with E-state index in [1.807, 2.05) is 39.0 Å². The Morgan fingerprint density at radius 1 is 1.09 bits per heavy atom. The number of benzene rings is 1. The Labute approximate surface area is 197 Å². The van der Waals surface area contributed by atoms with Gasteiger partial charge in [0.1, 0.15) is 11.5 Å². The fraction of sp³-hybridized carbons (Fsp3) is 0.346. The number of ether oxygens (including phenoxy) is 1. The number of amides is 1. The molecule has 1 aromatic carbocycles. The molecular weight excluding hydrogens is 432 g/mol. The number of hydrogen-bond donors (Lipinski definition) is 1. The van der Waals surface area contributed by atoms with Crippen LogP contribution >= 0.6 is 0 Å². The average Bonchev–Trinajstić information content (AvgIpc) is 3.39. The van der Waals surface area contributed by atoms with E-state index in [4.69, 9.17) is 13.7 Å². The first-order chi connectivity index (χ1) is 16.5. The first-order valence-electron chi connectivity index (χ1n) is 11.5. The zero-order valence-electron chi connectivity index (χ0n) is 19.7. The van der Waals surface area contributed by atoms with E-state index >= 15 is 0 Å². The van der Waals surface area contributed by atoms with Crippen LogP contribution < -0.4 is 5.32 Å². The molecule has 4 aromatic rings. The van der Waals surface area contributed by atoms with E-state index in [0.717, 1.165) is 55.5 Å². The number of nitrogens with one attached hydrogen (secondary N) is 1. The van der Waals surface area contributed by atoms with Crippen LogP contribution in [0.25, 0.3) is 22.4 Å². The van der Waals surface area contributed by atoms with Crippen molar-refractivity contribution in [2.45, 2.75) is 33.9 Å². The van der Waals surface area contributed by atoms with Gasteiger partial charge < -0.3 is 19.0 Å². The van der Waals surface area contributed by atoms with Gasteiger partial charge in [0.15, 0.2) is 0 Å². The van der Waals surface area contributed by atoms with Crippen LogP contribution in [0.15, 0.2) is 45.3 Å². The van der Waals surface area contributed by atoms with Gasteiger partial charge in [0.25, 0.3) is 11.6 Å². The van der Waals surface area contributed by atoms with Crippen LogP contribution in [0.4, 0.5) is 0 Å². The predicted octanol–water partition coefficient (Wildman–Crippen LogP) is 4.17. The van der Waals surface area contributed by atoms with Gasteiger partial charge in [-0.25, -0.2) is 4.98 Å². The Morgan fingerprint density at radius 3 is 2.59 bits per heavy atom. The Kier molecular flexibility index (Phi) is 6.17. The maximum absolute atomic E-state index is 13.4. The molecule has 0 radical (unpaired) electrons. The number of furan rings is 1. The fourth-order valence-corrected chi connectivity index (χ4v) is 4.45. The van der Waals surface area contributed by atoms with Crippen molar-refractivity contribution >= 4 is 17.0 Å². The number of fused-ring (bicyclic) bond motifs is 1. The van der Waals surface area contributed by atoms with E-state index in [1.165, 1.54) is 5.56 Å². The highest BCUT2D eigenvalue weighted by atomic mass is 16.5. The summed E-state index contributed by atoms with van der Waals surface area (Å²) in [5, 5.41) is 7.77. The predicted molar refractivity (Wildman–Crippen MR) is 127 cm³/mol. The number of rotatable bonds is 6. The smallest absolute Gasteiger partial charge is 0.259 e. The quantitative estimate of drug-likeness (QED) is 0.462. The normalized spacial score (nSPS) is 14.6. The first-order valence-corrected chi connectivity index (χ1v) is 11.5. The SMILES string of the molecule is Cc1cc(-c2cc(C(=O)NCc3ccccc3CN3CCOCC3)c3c(C)noc3n2)c(C)o1. The van der Waals surface area contributed by atoms with Gasteiger partial charge in [-0.3, -0.25) is 9.69 Å². The van der Waals surface area contributed by atoms with E-state index in [1.54, 1.807) is 6.07 Å². The third kappa shape index (κ3) is 4.47. The Morgan fingerprint density at radius 2 is 1.85 bits per heavy atom. The second-order valence-corrected chi connectivity index (χ2v) is 8.67. The van der Waals surface area contributed by atoms with E-state index in [2.05, 4.69) is 32.5 Å². The molecule has 0 atom stereocenters. The Balaban J connectivity index is 1.41. The highest BCUT2D eigenvalue weighted by molar-refractivity contribution is 6.07. The van der Waals surface area contributed by atoms with Crippen LogP contribution in [0, 0.1) is 20.8 Å². The molecule has 8 nitrogen and oxygen atoms in total. The third-order valence-corrected chi connectivity index (χ3v) is 6.23. The van der Waals surface area contributed by atoms with E-state index < -0.39 is 0 Å². The summed E-state index contributed by atoms with van der Waals surface area (Å²) in [6, 6.07) is 11.9. The molecule has 1 amide bonds. The van der Waals surface area contributed by atoms with Gasteiger partial charge in [-0.05, 0) is 44.0 Å². The van der Waals surface area contributed by atoms with Gasteiger partial charge in [0, 0.05) is 31.7 Å². The van der Waals surface area contributed by atoms with Crippen molar-refractivity contribution in [1.29, 1.82) is 0 Å². The van der Waals surface area contributed by atoms with Crippen molar-refractivity contribution in [2.75, 3.05) is 26.3 Å². The lowest BCUT2D eigenvalue weighted by atomic mass is 10.0. The molecule has 1 aliphatic heterocycles. The van der Waals surface area contributed by atoms with Gasteiger partial charge in [0.05, 0.1) is 35.6 Å². The summed E-state index contributed by atoms with van der Waals surface area (Å²) in [5.41, 5.74) is 5.21. The summed E-state index contributed by atoms with van der Waals surface area (Å²) in [7, 11) is 0. The number of hydrogen-bond acceptors (Lipinski definition) is 7. The van der Waals surface area contributed by atoms with Crippen LogP contribution in [-0.4, -0.2) is 47.3 Å². The number of carbonyl (C=O) groups is 1. The summed E-state index contributed by atoms with van der Waals surface area (Å²) >= 11 is 0. The lowest BCUT2D eigenvalue weighted by Gasteiger charge is -2.27. The lowest BCUT2D eigenvalue weighted by Crippen LogP contribution is -2.36. The second-order valence-electron chi connectivity index (χ2n) is 8.67. The van der Waals surface area contributed by atoms with Crippen LogP contribution in [0.1, 0.15) is 38.7 Å². The molecule has 1 saturated heterocycles. The number of aryl methyl sites for hydroxylation is 3. The molecule has 1 aliphatic rings. The first kappa shape index (κ1) is 22.3. The zero-order valence-corrected chi connectivity index (χ0v) is 19.7. The maximum atomic E-state index is 13.4. The monoisotopic (exact) mass is 460 g/mol. The summed E-state index contributed by atoms with van der Waals surface area (Å²) in [6.07, 6.45) is 0. The molecule has 0 spiro atoms. The minimum Gasteiger partial charge on any atom is -0.466 e. The molecule has 1 N–H and O–H groups in total. The number of aromatic nitrogens is 2. The fourth-order valence-electron chi connectivity index (χ4n) is 4.45. The number of morpholine rings is 1. The Hall–Kier alpha value is -3.49. The van der Waals surface area contributed by atoms with Crippen LogP contribution in [-0.2, 0) is 17.8 Å². The van der Waals surface area contributed by atoms with Crippen LogP contribution in [0.5, 0.6) is 0 Å². The van der Waals surface area contributed by atoms with Crippen molar-refractivity contribution in [1.82, 2.24) is 20.4 Å². The van der Waals surface area contributed by atoms with E-state index in [-0.39, 0.29) is 5.91 Å². The van der Waals surface area contributed by atoms with Gasteiger partial charge in [-0.2, -0.15) is 0 Å². The molecule has 0 bridgehead atoms. The highest BCUT2D eigenvalue weighted by Crippen LogP contribution is 2.30. The number of nitrogens with zero attached hydrogens (tertiary/aromatic N) is 3. The minimum atomic E-state index is -0.195. The van der Waals surface area contributed by atoms with Gasteiger partial charge in [0.2, 0.25) is 0 Å². The molecule has 0 unspecified atom stereocenters. The molecule has 1 fully saturated rings. The third-order valence-electron chi connectivity index (χ3n) is 6.23. The molecule has 5 rings (SSSR count). The molecule has 0 saturated carbocycles. The molecular formula is C26H28N4O4. The maximum Gasteiger partial charge on any atom is 0.259 e. The molecule has 176 valence electrons. The molecule has 0 aliphatic carbocycles. The van der Waals surface area contributed by atoms with Crippen molar-refractivity contribution in [2.24, 2.45) is 0 Å². The van der Waals surface area contributed by atoms with Gasteiger partial charge in [-0.1, -0.05) is 29.4 Å². The highest BCUT2D eigenvalue weighted by Gasteiger charge is 2.21. The summed E-state index contributed by atoms with van der Waals surface area (Å²) in [6.45, 7) is 10.2. The van der Waals surface area contributed by atoms with Crippen molar-refractivity contribution in [3.05, 3.63) is 70.3 Å². The topological polar surface area (TPSA) is 93.6 Å². The van der Waals surface area contributed by atoms with Gasteiger partial charge >= 0.3 is 0 Å². The van der Waals surface area contributed by atoms with Crippen molar-refractivity contribution < 1.29 is 18.5 Å². The van der Waals surface area contributed by atoms with Crippen LogP contribution in [0.2, 0.25) is 0 Å². The second kappa shape index (κ2) is 9.40. The number of carbonyl (C=O) groups excluding carboxylic acids is 1. The van der Waals surface area contributed by atoms with Crippen molar-refractivity contribution in [3.8, 4) is 11.3 Å². The standard InChI is InChI=1S/C26H28N4O4/c1-16-12-21(18(3)33-16)23-13-22(24-17(2)29-34-26(24)28-23)25(31)27-14-19-6-4-5-7-20(19)15-30-8-10-32-11-9-30/h4-7,12-13H,8-11,14-15H2,1-3H3,(H,27,31). The molecule has 3 aromatic heterocycles. The summed E-state index contributed by atoms with van der Waals surface area (Å²) in [4.78, 5) is 20.4. The number of pyridine rings is 1. The zero-order chi connectivity index (χ0) is 23.7. The minimum absolute atomic E-state index is 0.195. The molecule has 4 heterocycles. The lowest BCUT2D eigenvalue weighted by molar-refractivity contribution is 0.0340. The van der Waals surface area contributed by atoms with Crippen molar-refractivity contribution in [3.63, 3.8) is 0 Å². The van der Waals surface area contributed by atoms with E-state index in [0.29, 0.717) is 34.6 Å².